The highest BCUT2D eigenvalue weighted by Gasteiger charge is 2.15. The van der Waals surface area contributed by atoms with E-state index in [2.05, 4.69) is 46.5 Å². The summed E-state index contributed by atoms with van der Waals surface area (Å²) in [6.45, 7) is 6.39. The molecule has 0 aliphatic heterocycles. The van der Waals surface area contributed by atoms with Crippen molar-refractivity contribution in [3.8, 4) is 0 Å². The Bertz CT molecular complexity index is 1290. The highest BCUT2D eigenvalue weighted by molar-refractivity contribution is 7.99. The molecule has 3 aromatic heterocycles. The Morgan fingerprint density at radius 1 is 1.20 bits per heavy atom. The molecule has 0 spiro atoms. The molecule has 0 fully saturated rings. The first-order valence-corrected chi connectivity index (χ1v) is 11.3. The number of aromatic amines is 1. The summed E-state index contributed by atoms with van der Waals surface area (Å²) in [5.74, 6) is 0.400. The van der Waals surface area contributed by atoms with Crippen molar-refractivity contribution < 1.29 is 4.79 Å². The fourth-order valence-electron chi connectivity index (χ4n) is 3.05. The Morgan fingerprint density at radius 2 is 2.03 bits per heavy atom. The van der Waals surface area contributed by atoms with E-state index < -0.39 is 0 Å². The van der Waals surface area contributed by atoms with Gasteiger partial charge < -0.3 is 5.32 Å². The largest absolute Gasteiger partial charge is 0.308 e. The summed E-state index contributed by atoms with van der Waals surface area (Å²) in [5.41, 5.74) is 4.85. The lowest BCUT2D eigenvalue weighted by Gasteiger charge is -2.13. The number of aryl methyl sites for hydroxylation is 3. The summed E-state index contributed by atoms with van der Waals surface area (Å²) >= 11 is 2.63. The maximum atomic E-state index is 13.1. The van der Waals surface area contributed by atoms with Crippen LogP contribution in [0.15, 0.2) is 45.7 Å². The van der Waals surface area contributed by atoms with Crippen LogP contribution in [-0.2, 0) is 11.3 Å². The van der Waals surface area contributed by atoms with Crippen LogP contribution in [-0.4, -0.2) is 31.4 Å². The van der Waals surface area contributed by atoms with E-state index in [4.69, 9.17) is 0 Å². The van der Waals surface area contributed by atoms with E-state index in [-0.39, 0.29) is 17.2 Å². The quantitative estimate of drug-likeness (QED) is 0.351. The molecule has 0 aliphatic carbocycles. The van der Waals surface area contributed by atoms with Crippen LogP contribution in [0.2, 0.25) is 0 Å². The number of carbonyl (C=O) groups excluding carboxylic acids is 1. The second-order valence-corrected chi connectivity index (χ2v) is 8.97. The number of nitrogens with zero attached hydrogens (tertiary/aromatic N) is 3. The summed E-state index contributed by atoms with van der Waals surface area (Å²) in [4.78, 5) is 30.1. The first-order valence-electron chi connectivity index (χ1n) is 9.39. The van der Waals surface area contributed by atoms with E-state index in [0.29, 0.717) is 27.7 Å². The van der Waals surface area contributed by atoms with Gasteiger partial charge in [0.2, 0.25) is 5.91 Å². The highest BCUT2D eigenvalue weighted by Crippen LogP contribution is 2.22. The van der Waals surface area contributed by atoms with Gasteiger partial charge in [-0.3, -0.25) is 19.3 Å². The number of aromatic nitrogens is 4. The van der Waals surface area contributed by atoms with Crippen molar-refractivity contribution in [2.24, 2.45) is 0 Å². The predicted molar refractivity (Wildman–Crippen MR) is 122 cm³/mol. The number of hydrogen-bond acceptors (Lipinski definition) is 6. The van der Waals surface area contributed by atoms with Gasteiger partial charge in [0.05, 0.1) is 17.8 Å². The van der Waals surface area contributed by atoms with Crippen LogP contribution >= 0.6 is 23.1 Å². The zero-order chi connectivity index (χ0) is 21.3. The molecule has 0 radical (unpaired) electrons. The first-order chi connectivity index (χ1) is 14.4. The molecule has 0 aliphatic rings. The van der Waals surface area contributed by atoms with E-state index in [9.17, 15) is 9.59 Å². The van der Waals surface area contributed by atoms with Crippen molar-refractivity contribution >= 4 is 45.0 Å². The lowest BCUT2D eigenvalue weighted by atomic mass is 10.1. The van der Waals surface area contributed by atoms with Crippen LogP contribution in [0.4, 0.5) is 5.82 Å². The molecule has 7 nitrogen and oxygen atoms in total. The third kappa shape index (κ3) is 4.31. The van der Waals surface area contributed by atoms with Gasteiger partial charge in [0.1, 0.15) is 4.70 Å². The second-order valence-electron chi connectivity index (χ2n) is 7.11. The van der Waals surface area contributed by atoms with Crippen molar-refractivity contribution in [2.75, 3.05) is 11.1 Å². The minimum atomic E-state index is -0.205. The zero-order valence-electron chi connectivity index (χ0n) is 16.9. The molecule has 1 aromatic carbocycles. The number of nitrogens with one attached hydrogen (secondary N) is 2. The second kappa shape index (κ2) is 8.45. The summed E-state index contributed by atoms with van der Waals surface area (Å²) in [6, 6.07) is 9.75. The summed E-state index contributed by atoms with van der Waals surface area (Å²) in [6.07, 6.45) is 0. The monoisotopic (exact) mass is 439 g/mol. The number of fused-ring (bicyclic) bond motifs is 1. The van der Waals surface area contributed by atoms with Crippen LogP contribution < -0.4 is 10.9 Å². The number of amides is 1. The number of thiophene rings is 1. The fourth-order valence-corrected chi connectivity index (χ4v) is 4.63. The molecule has 4 rings (SSSR count). The predicted octanol–water partition coefficient (Wildman–Crippen LogP) is 3.89. The topological polar surface area (TPSA) is 92.7 Å². The normalized spacial score (nSPS) is 11.2. The van der Waals surface area contributed by atoms with E-state index in [0.717, 1.165) is 11.3 Å². The van der Waals surface area contributed by atoms with Crippen molar-refractivity contribution in [3.63, 3.8) is 0 Å². The van der Waals surface area contributed by atoms with Gasteiger partial charge in [0.15, 0.2) is 11.0 Å². The third-order valence-electron chi connectivity index (χ3n) is 4.75. The molecule has 0 bridgehead atoms. The fraction of sp³-hybridized carbons (Fsp3) is 0.238. The molecule has 0 saturated carbocycles. The molecule has 3 heterocycles. The Labute approximate surface area is 181 Å². The number of thioether (sulfide) groups is 1. The average molecular weight is 440 g/mol. The van der Waals surface area contributed by atoms with Gasteiger partial charge in [-0.2, -0.15) is 5.10 Å². The number of benzene rings is 1. The van der Waals surface area contributed by atoms with Crippen LogP contribution in [0.1, 0.15) is 22.4 Å². The Hall–Kier alpha value is -2.91. The third-order valence-corrected chi connectivity index (χ3v) is 6.62. The van der Waals surface area contributed by atoms with Crippen LogP contribution in [0.5, 0.6) is 0 Å². The molecule has 30 heavy (non-hydrogen) atoms. The maximum Gasteiger partial charge on any atom is 0.272 e. The molecule has 0 saturated heterocycles. The minimum Gasteiger partial charge on any atom is -0.308 e. The number of H-pyrrole nitrogens is 1. The van der Waals surface area contributed by atoms with E-state index in [1.165, 1.54) is 34.2 Å². The maximum absolute atomic E-state index is 13.1. The van der Waals surface area contributed by atoms with Crippen LogP contribution in [0, 0.1) is 20.8 Å². The van der Waals surface area contributed by atoms with Gasteiger partial charge in [0, 0.05) is 11.8 Å². The first kappa shape index (κ1) is 20.4. The van der Waals surface area contributed by atoms with Gasteiger partial charge in [0.25, 0.3) is 5.56 Å². The highest BCUT2D eigenvalue weighted by atomic mass is 32.2. The van der Waals surface area contributed by atoms with Crippen molar-refractivity contribution in [1.82, 2.24) is 19.7 Å². The lowest BCUT2D eigenvalue weighted by molar-refractivity contribution is -0.113. The number of hydrogen-bond donors (Lipinski definition) is 2. The molecular formula is C21H21N5O2S2. The standard InChI is InChI=1S/C21H21N5O2S2/c1-12-4-5-15(8-13(12)2)10-26-20(28)19-16(6-7-29-19)22-21(26)30-11-18(27)23-17-9-14(3)24-25-17/h4-9H,10-11H2,1-3H3,(H2,23,24,25,27). The molecular weight excluding hydrogens is 418 g/mol. The summed E-state index contributed by atoms with van der Waals surface area (Å²) in [5, 5.41) is 11.9. The van der Waals surface area contributed by atoms with Gasteiger partial charge >= 0.3 is 0 Å². The summed E-state index contributed by atoms with van der Waals surface area (Å²) in [7, 11) is 0. The molecule has 2 N–H and O–H groups in total. The molecule has 0 atom stereocenters. The van der Waals surface area contributed by atoms with Crippen molar-refractivity contribution in [1.29, 1.82) is 0 Å². The Kier molecular flexibility index (Phi) is 5.74. The number of rotatable bonds is 6. The zero-order valence-corrected chi connectivity index (χ0v) is 18.5. The molecule has 0 unspecified atom stereocenters. The van der Waals surface area contributed by atoms with E-state index in [1.807, 2.05) is 24.4 Å². The van der Waals surface area contributed by atoms with E-state index in [1.54, 1.807) is 10.6 Å². The van der Waals surface area contributed by atoms with Gasteiger partial charge in [-0.1, -0.05) is 30.0 Å². The number of carbonyl (C=O) groups is 1. The van der Waals surface area contributed by atoms with Gasteiger partial charge in [-0.15, -0.1) is 11.3 Å². The Morgan fingerprint density at radius 3 is 2.77 bits per heavy atom. The molecule has 1 amide bonds. The number of anilines is 1. The minimum absolute atomic E-state index is 0.0842. The molecule has 9 heteroatoms. The Balaban J connectivity index is 1.60. The average Bonchev–Trinajstić information content (AvgIpc) is 3.34. The van der Waals surface area contributed by atoms with Crippen LogP contribution in [0.3, 0.4) is 0 Å². The van der Waals surface area contributed by atoms with Crippen molar-refractivity contribution in [2.45, 2.75) is 32.5 Å². The van der Waals surface area contributed by atoms with Gasteiger partial charge in [-0.25, -0.2) is 4.98 Å². The van der Waals surface area contributed by atoms with E-state index >= 15 is 0 Å². The SMILES string of the molecule is Cc1cc(NC(=O)CSc2nc3ccsc3c(=O)n2Cc2ccc(C)c(C)c2)n[nH]1. The van der Waals surface area contributed by atoms with Gasteiger partial charge in [-0.05, 0) is 48.9 Å². The molecule has 154 valence electrons. The molecule has 4 aromatic rings. The lowest BCUT2D eigenvalue weighted by Crippen LogP contribution is -2.24. The van der Waals surface area contributed by atoms with Crippen LogP contribution in [0.25, 0.3) is 10.2 Å². The van der Waals surface area contributed by atoms with Crippen molar-refractivity contribution in [3.05, 3.63) is 68.4 Å². The summed E-state index contributed by atoms with van der Waals surface area (Å²) < 4.78 is 2.28. The smallest absolute Gasteiger partial charge is 0.272 e.